The Kier molecular flexibility index (Phi) is 7.30. The molecular formula is C28H29ClN6O. The molecule has 0 spiro atoms. The summed E-state index contributed by atoms with van der Waals surface area (Å²) in [7, 11) is 7.87. The lowest BCUT2D eigenvalue weighted by atomic mass is 9.98. The molecular weight excluding hydrogens is 472 g/mol. The van der Waals surface area contributed by atoms with E-state index in [4.69, 9.17) is 18.0 Å². The maximum atomic E-state index is 13.4. The van der Waals surface area contributed by atoms with Crippen LogP contribution < -0.4 is 15.8 Å². The second-order valence-electron chi connectivity index (χ2n) is 9.07. The molecule has 0 radical (unpaired) electrons. The molecule has 0 amide bonds. The van der Waals surface area contributed by atoms with Gasteiger partial charge in [-0.1, -0.05) is 29.2 Å². The van der Waals surface area contributed by atoms with E-state index in [2.05, 4.69) is 52.1 Å². The highest BCUT2D eigenvalue weighted by Crippen LogP contribution is 2.32. The zero-order valence-corrected chi connectivity index (χ0v) is 21.9. The third-order valence-corrected chi connectivity index (χ3v) is 6.44. The lowest BCUT2D eigenvalue weighted by Crippen LogP contribution is -2.28. The summed E-state index contributed by atoms with van der Waals surface area (Å²) in [5.41, 5.74) is 4.51. The molecule has 184 valence electrons. The second kappa shape index (κ2) is 10.4. The van der Waals surface area contributed by atoms with Gasteiger partial charge in [0.25, 0.3) is 5.56 Å². The van der Waals surface area contributed by atoms with Gasteiger partial charge in [-0.2, -0.15) is 4.98 Å². The summed E-state index contributed by atoms with van der Waals surface area (Å²) < 4.78 is 1.49. The van der Waals surface area contributed by atoms with Crippen molar-refractivity contribution < 1.29 is 0 Å². The fourth-order valence-corrected chi connectivity index (χ4v) is 4.22. The molecule has 0 aliphatic rings. The average molecular weight is 501 g/mol. The molecule has 1 N–H and O–H groups in total. The Morgan fingerprint density at radius 2 is 1.83 bits per heavy atom. The highest BCUT2D eigenvalue weighted by molar-refractivity contribution is 6.33. The molecule has 8 heteroatoms. The number of likely N-dealkylation sites (N-methyl/N-ethyl adjacent to an activating group) is 2. The van der Waals surface area contributed by atoms with Crippen molar-refractivity contribution in [2.75, 3.05) is 44.4 Å². The number of aryl methyl sites for hydroxylation is 2. The molecule has 0 aliphatic heterocycles. The number of pyridine rings is 1. The Bertz CT molecular complexity index is 1520. The standard InChI is InChI=1S/C28H29ClN6O/c1-7-21-23-17-30-28(31-19-9-11-20(12-10-19)34(5)15-14-33(3)4)32-26(23)35(6)27(36)25(21)22-16-18(2)8-13-24(22)29/h1,8-13,16-17H,14-15H2,2-6H3,(H,30,31,32). The Hall–Kier alpha value is -3.86. The zero-order valence-electron chi connectivity index (χ0n) is 21.1. The molecule has 4 rings (SSSR count). The topological polar surface area (TPSA) is 66.3 Å². The van der Waals surface area contributed by atoms with Crippen molar-refractivity contribution in [1.29, 1.82) is 0 Å². The van der Waals surface area contributed by atoms with E-state index in [9.17, 15) is 4.79 Å². The normalized spacial score (nSPS) is 11.1. The van der Waals surface area contributed by atoms with Crippen LogP contribution in [-0.4, -0.2) is 53.7 Å². The van der Waals surface area contributed by atoms with Gasteiger partial charge < -0.3 is 15.1 Å². The highest BCUT2D eigenvalue weighted by atomic mass is 35.5. The number of aromatic nitrogens is 3. The second-order valence-corrected chi connectivity index (χ2v) is 9.48. The van der Waals surface area contributed by atoms with Crippen LogP contribution in [0.5, 0.6) is 0 Å². The van der Waals surface area contributed by atoms with E-state index in [0.717, 1.165) is 30.0 Å². The number of nitrogens with one attached hydrogen (secondary N) is 1. The molecule has 2 heterocycles. The van der Waals surface area contributed by atoms with E-state index < -0.39 is 0 Å². The van der Waals surface area contributed by atoms with Gasteiger partial charge >= 0.3 is 0 Å². The molecule has 36 heavy (non-hydrogen) atoms. The Morgan fingerprint density at radius 1 is 1.11 bits per heavy atom. The smallest absolute Gasteiger partial charge is 0.261 e. The van der Waals surface area contributed by atoms with Crippen LogP contribution in [0, 0.1) is 19.3 Å². The molecule has 0 unspecified atom stereocenters. The van der Waals surface area contributed by atoms with Crippen molar-refractivity contribution in [2.24, 2.45) is 7.05 Å². The van der Waals surface area contributed by atoms with Gasteiger partial charge in [-0.05, 0) is 57.4 Å². The SMILES string of the molecule is C#Cc1c(-c2cc(C)ccc2Cl)c(=O)n(C)c2nc(Nc3ccc(N(C)CCN(C)C)cc3)ncc12. The molecule has 0 fully saturated rings. The van der Waals surface area contributed by atoms with Crippen molar-refractivity contribution in [3.8, 4) is 23.5 Å². The molecule has 0 aliphatic carbocycles. The van der Waals surface area contributed by atoms with Gasteiger partial charge in [0.05, 0.1) is 16.5 Å². The van der Waals surface area contributed by atoms with Gasteiger partial charge in [-0.3, -0.25) is 9.36 Å². The minimum Gasteiger partial charge on any atom is -0.373 e. The van der Waals surface area contributed by atoms with Crippen LogP contribution in [0.15, 0.2) is 53.5 Å². The van der Waals surface area contributed by atoms with Crippen LogP contribution in [0.2, 0.25) is 5.02 Å². The lowest BCUT2D eigenvalue weighted by Gasteiger charge is -2.21. The summed E-state index contributed by atoms with van der Waals surface area (Å²) in [6.07, 6.45) is 7.53. The van der Waals surface area contributed by atoms with Crippen LogP contribution in [0.4, 0.5) is 17.3 Å². The first-order chi connectivity index (χ1) is 17.2. The van der Waals surface area contributed by atoms with Gasteiger partial charge in [0.2, 0.25) is 5.95 Å². The Labute approximate surface area is 216 Å². The summed E-state index contributed by atoms with van der Waals surface area (Å²) in [4.78, 5) is 26.9. The molecule has 0 atom stereocenters. The van der Waals surface area contributed by atoms with Gasteiger partial charge in [0, 0.05) is 55.3 Å². The summed E-state index contributed by atoms with van der Waals surface area (Å²) in [6, 6.07) is 13.6. The van der Waals surface area contributed by atoms with Crippen LogP contribution in [0.25, 0.3) is 22.2 Å². The fourth-order valence-electron chi connectivity index (χ4n) is 4.01. The minimum absolute atomic E-state index is 0.266. The predicted molar refractivity (Wildman–Crippen MR) is 149 cm³/mol. The Morgan fingerprint density at radius 3 is 2.50 bits per heavy atom. The quantitative estimate of drug-likeness (QED) is 0.372. The van der Waals surface area contributed by atoms with Crippen LogP contribution in [0.1, 0.15) is 11.1 Å². The van der Waals surface area contributed by atoms with Crippen molar-refractivity contribution in [3.05, 3.63) is 75.2 Å². The number of halogens is 1. The van der Waals surface area contributed by atoms with E-state index >= 15 is 0 Å². The lowest BCUT2D eigenvalue weighted by molar-refractivity contribution is 0.416. The Balaban J connectivity index is 1.69. The number of fused-ring (bicyclic) bond motifs is 1. The van der Waals surface area contributed by atoms with Crippen molar-refractivity contribution in [2.45, 2.75) is 6.92 Å². The fraction of sp³-hybridized carbons (Fsp3) is 0.250. The molecule has 0 saturated carbocycles. The molecule has 2 aromatic carbocycles. The van der Waals surface area contributed by atoms with Crippen LogP contribution in [-0.2, 0) is 7.05 Å². The number of hydrogen-bond donors (Lipinski definition) is 1. The van der Waals surface area contributed by atoms with Gasteiger partial charge in [0.1, 0.15) is 5.65 Å². The zero-order chi connectivity index (χ0) is 26.0. The summed E-state index contributed by atoms with van der Waals surface area (Å²) in [5, 5.41) is 4.29. The van der Waals surface area contributed by atoms with Gasteiger partial charge in [-0.15, -0.1) is 6.42 Å². The first-order valence-electron chi connectivity index (χ1n) is 11.6. The van der Waals surface area contributed by atoms with E-state index in [1.165, 1.54) is 4.57 Å². The highest BCUT2D eigenvalue weighted by Gasteiger charge is 2.19. The number of nitrogens with zero attached hydrogens (tertiary/aromatic N) is 5. The number of terminal acetylenes is 1. The molecule has 2 aromatic heterocycles. The third-order valence-electron chi connectivity index (χ3n) is 6.11. The maximum Gasteiger partial charge on any atom is 0.261 e. The first kappa shape index (κ1) is 25.2. The number of hydrogen-bond acceptors (Lipinski definition) is 6. The average Bonchev–Trinajstić information content (AvgIpc) is 2.86. The largest absolute Gasteiger partial charge is 0.373 e. The minimum atomic E-state index is -0.266. The molecule has 4 aromatic rings. The summed E-state index contributed by atoms with van der Waals surface area (Å²) in [5.74, 6) is 3.05. The van der Waals surface area contributed by atoms with Gasteiger partial charge in [0.15, 0.2) is 0 Å². The van der Waals surface area contributed by atoms with Crippen molar-refractivity contribution in [3.63, 3.8) is 0 Å². The van der Waals surface area contributed by atoms with E-state index in [-0.39, 0.29) is 5.56 Å². The van der Waals surface area contributed by atoms with E-state index in [0.29, 0.717) is 38.7 Å². The van der Waals surface area contributed by atoms with E-state index in [1.54, 1.807) is 19.3 Å². The maximum absolute atomic E-state index is 13.4. The van der Waals surface area contributed by atoms with Crippen LogP contribution in [0.3, 0.4) is 0 Å². The first-order valence-corrected chi connectivity index (χ1v) is 11.9. The van der Waals surface area contributed by atoms with Crippen molar-refractivity contribution >= 4 is 40.0 Å². The number of anilines is 3. The number of benzene rings is 2. The monoisotopic (exact) mass is 500 g/mol. The van der Waals surface area contributed by atoms with Gasteiger partial charge in [-0.25, -0.2) is 4.98 Å². The molecule has 0 saturated heterocycles. The van der Waals surface area contributed by atoms with Crippen molar-refractivity contribution in [1.82, 2.24) is 19.4 Å². The molecule has 0 bridgehead atoms. The molecule has 7 nitrogen and oxygen atoms in total. The third kappa shape index (κ3) is 5.06. The number of rotatable bonds is 7. The summed E-state index contributed by atoms with van der Waals surface area (Å²) in [6.45, 7) is 3.84. The van der Waals surface area contributed by atoms with Crippen LogP contribution >= 0.6 is 11.6 Å². The summed E-state index contributed by atoms with van der Waals surface area (Å²) >= 11 is 6.45. The predicted octanol–water partition coefficient (Wildman–Crippen LogP) is 4.68. The van der Waals surface area contributed by atoms with E-state index in [1.807, 2.05) is 43.3 Å².